The van der Waals surface area contributed by atoms with Crippen LogP contribution < -0.4 is 0 Å². The Bertz CT molecular complexity index is 222. The van der Waals surface area contributed by atoms with E-state index in [1.54, 1.807) is 0 Å². The average molecular weight is 284 g/mol. The molecule has 0 radical (unpaired) electrons. The fraction of sp³-hybridized carbons (Fsp3) is 1.00. The van der Waals surface area contributed by atoms with Crippen LogP contribution in [0.1, 0.15) is 9.78 Å². The molecule has 0 atom stereocenters. The van der Waals surface area contributed by atoms with Gasteiger partial charge in [0, 0.05) is 0 Å². The van der Waals surface area contributed by atoms with Crippen LogP contribution in [-0.2, 0) is 9.13 Å². The molecule has 9 nitrogen and oxygen atoms in total. The van der Waals surface area contributed by atoms with Crippen molar-refractivity contribution in [3.8, 4) is 0 Å². The second-order valence-electron chi connectivity index (χ2n) is 2.06. The summed E-state index contributed by atoms with van der Waals surface area (Å²) in [7, 11) is -10.4. The maximum absolute atomic E-state index is 10.3. The number of hydrogen-bond donors (Lipinski definition) is 5. The van der Waals surface area contributed by atoms with Crippen molar-refractivity contribution in [3.63, 3.8) is 0 Å². The largest absolute Gasteiger partial charge is 2.00 e. The fourth-order valence-electron chi connectivity index (χ4n) is 0.170. The predicted octanol–water partition coefficient (Wildman–Crippen LogP) is -2.80. The molecular weight excluding hydrogens is 270 g/mol. The quantitative estimate of drug-likeness (QED) is 0.266. The van der Waals surface area contributed by atoms with Crippen LogP contribution in [0, 0.1) is 0 Å². The molecule has 0 aromatic rings. The predicted molar refractivity (Wildman–Crippen MR) is 49.9 cm³/mol. The van der Waals surface area contributed by atoms with Crippen molar-refractivity contribution in [1.82, 2.24) is 0 Å². The SMILES string of the molecule is CC(O)(P(=O)(O)O)P(=O)(O)O.O.O.[Ca+2].[H-].[H-]. The monoisotopic (exact) mass is 284 g/mol. The van der Waals surface area contributed by atoms with Crippen LogP contribution in [0.4, 0.5) is 0 Å². The molecule has 12 heteroatoms. The van der Waals surface area contributed by atoms with Crippen molar-refractivity contribution < 1.29 is 47.6 Å². The van der Waals surface area contributed by atoms with Gasteiger partial charge in [-0.25, -0.2) is 0 Å². The van der Waals surface area contributed by atoms with Crippen molar-refractivity contribution in [2.45, 2.75) is 12.0 Å². The van der Waals surface area contributed by atoms with Gasteiger partial charge in [-0.15, -0.1) is 0 Å². The first-order valence-corrected chi connectivity index (χ1v) is 5.56. The summed E-state index contributed by atoms with van der Waals surface area (Å²) in [5.41, 5.74) is 0. The van der Waals surface area contributed by atoms with Crippen LogP contribution >= 0.6 is 15.2 Å². The summed E-state index contributed by atoms with van der Waals surface area (Å²) in [5, 5.41) is 5.37. The third-order valence-electron chi connectivity index (χ3n) is 1.10. The molecule has 0 rings (SSSR count). The number of hydrogen-bond acceptors (Lipinski definition) is 3. The molecule has 0 aromatic heterocycles. The van der Waals surface area contributed by atoms with Crippen molar-refractivity contribution in [2.24, 2.45) is 0 Å². The average Bonchev–Trinajstić information content (AvgIpc) is 1.58. The molecule has 0 spiro atoms. The number of aliphatic hydroxyl groups is 1. The van der Waals surface area contributed by atoms with Crippen LogP contribution in [-0.4, -0.2) is 78.5 Å². The van der Waals surface area contributed by atoms with Crippen LogP contribution in [0.2, 0.25) is 0 Å². The van der Waals surface area contributed by atoms with E-state index in [2.05, 4.69) is 0 Å². The Balaban J connectivity index is -0.0000000500. The third-order valence-corrected chi connectivity index (χ3v) is 4.87. The zero-order chi connectivity index (χ0) is 9.50. The summed E-state index contributed by atoms with van der Waals surface area (Å²) >= 11 is 0. The van der Waals surface area contributed by atoms with E-state index >= 15 is 0 Å². The molecular formula is C2H14CaO9P2. The maximum Gasteiger partial charge on any atom is 2.00 e. The van der Waals surface area contributed by atoms with E-state index in [0.29, 0.717) is 6.92 Å². The molecule has 0 aromatic carbocycles. The molecule has 14 heavy (non-hydrogen) atoms. The van der Waals surface area contributed by atoms with E-state index in [-0.39, 0.29) is 51.5 Å². The van der Waals surface area contributed by atoms with E-state index in [1.165, 1.54) is 0 Å². The normalized spacial score (nSPS) is 11.9. The van der Waals surface area contributed by atoms with Crippen molar-refractivity contribution in [3.05, 3.63) is 0 Å². The van der Waals surface area contributed by atoms with E-state index < -0.39 is 20.3 Å². The Kier molecular flexibility index (Phi) is 12.1. The molecule has 9 N–H and O–H groups in total. The van der Waals surface area contributed by atoms with Crippen molar-refractivity contribution in [1.29, 1.82) is 0 Å². The van der Waals surface area contributed by atoms with Gasteiger partial charge in [-0.2, -0.15) is 0 Å². The molecule has 0 bridgehead atoms. The minimum absolute atomic E-state index is 0. The summed E-state index contributed by atoms with van der Waals surface area (Å²) in [5.74, 6) is 0. The molecule has 0 unspecified atom stereocenters. The van der Waals surface area contributed by atoms with Gasteiger partial charge in [-0.1, -0.05) is 0 Å². The third kappa shape index (κ3) is 5.50. The molecule has 0 amide bonds. The summed E-state index contributed by atoms with van der Waals surface area (Å²) in [6.45, 7) is 0.383. The van der Waals surface area contributed by atoms with Gasteiger partial charge in [-0.3, -0.25) is 9.13 Å². The van der Waals surface area contributed by atoms with E-state index in [4.69, 9.17) is 24.7 Å². The van der Waals surface area contributed by atoms with Crippen LogP contribution in [0.25, 0.3) is 0 Å². The van der Waals surface area contributed by atoms with Gasteiger partial charge in [0.15, 0.2) is 0 Å². The Labute approximate surface area is 112 Å². The van der Waals surface area contributed by atoms with Crippen LogP contribution in [0.5, 0.6) is 0 Å². The molecule has 0 saturated carbocycles. The maximum atomic E-state index is 10.3. The summed E-state index contributed by atoms with van der Waals surface area (Å²) < 4.78 is 20.5. The molecule has 0 saturated heterocycles. The molecule has 0 heterocycles. The summed E-state index contributed by atoms with van der Waals surface area (Å²) in [6.07, 6.45) is 0. The van der Waals surface area contributed by atoms with Gasteiger partial charge in [0.1, 0.15) is 0 Å². The van der Waals surface area contributed by atoms with Gasteiger partial charge in [0.05, 0.1) is 0 Å². The van der Waals surface area contributed by atoms with Gasteiger partial charge in [-0.05, 0) is 6.92 Å². The topological polar surface area (TPSA) is 198 Å². The number of rotatable bonds is 2. The van der Waals surface area contributed by atoms with Gasteiger partial charge in [0.2, 0.25) is 0 Å². The van der Waals surface area contributed by atoms with Crippen LogP contribution in [0.3, 0.4) is 0 Å². The Morgan fingerprint density at radius 2 is 1.14 bits per heavy atom. The van der Waals surface area contributed by atoms with Gasteiger partial charge < -0.3 is 38.5 Å². The zero-order valence-corrected chi connectivity index (χ0v) is 11.2. The smallest absolute Gasteiger partial charge is 1.00 e. The van der Waals surface area contributed by atoms with E-state index in [9.17, 15) is 9.13 Å². The standard InChI is InChI=1S/C2H8O7P2.Ca.2H2O.2H/c1-2(3,10(4,5)6)11(7,8)9;;;;;/h3H,1H3,(H2,4,5,6)(H2,7,8,9);;2*1H2;;/q;+2;;;2*-1. The minimum atomic E-state index is -5.20. The van der Waals surface area contributed by atoms with Crippen molar-refractivity contribution in [2.75, 3.05) is 0 Å². The molecule has 88 valence electrons. The Morgan fingerprint density at radius 1 is 1.00 bits per heavy atom. The Morgan fingerprint density at radius 3 is 1.14 bits per heavy atom. The summed E-state index contributed by atoms with van der Waals surface area (Å²) in [4.78, 5) is 33.0. The van der Waals surface area contributed by atoms with Crippen molar-refractivity contribution >= 4 is 52.9 Å². The summed E-state index contributed by atoms with van der Waals surface area (Å²) in [6, 6.07) is 0. The van der Waals surface area contributed by atoms with E-state index in [1.807, 2.05) is 0 Å². The molecule has 0 aliphatic carbocycles. The zero-order valence-electron chi connectivity index (χ0n) is 9.15. The second-order valence-corrected chi connectivity index (χ2v) is 6.33. The first-order chi connectivity index (χ1) is 4.50. The van der Waals surface area contributed by atoms with Crippen LogP contribution in [0.15, 0.2) is 0 Å². The minimum Gasteiger partial charge on any atom is -1.00 e. The molecule has 0 fully saturated rings. The second kappa shape index (κ2) is 6.90. The Hall–Kier alpha value is 1.44. The fourth-order valence-corrected chi connectivity index (χ4v) is 1.53. The van der Waals surface area contributed by atoms with Gasteiger partial charge in [0.25, 0.3) is 5.08 Å². The van der Waals surface area contributed by atoms with Gasteiger partial charge >= 0.3 is 52.9 Å². The molecule has 0 aliphatic rings. The first kappa shape index (κ1) is 24.6. The van der Waals surface area contributed by atoms with E-state index in [0.717, 1.165) is 0 Å². The molecule has 0 aliphatic heterocycles. The first-order valence-electron chi connectivity index (χ1n) is 2.34.